The number of nitrogens with one attached hydrogen (secondary N) is 1. The van der Waals surface area contributed by atoms with Crippen molar-refractivity contribution >= 4 is 17.6 Å². The van der Waals surface area contributed by atoms with E-state index in [-0.39, 0.29) is 18.8 Å². The van der Waals surface area contributed by atoms with Crippen LogP contribution in [0.3, 0.4) is 0 Å². The summed E-state index contributed by atoms with van der Waals surface area (Å²) < 4.78 is 9.62. The number of rotatable bonds is 6. The first-order chi connectivity index (χ1) is 10.1. The van der Waals surface area contributed by atoms with Gasteiger partial charge in [0, 0.05) is 11.9 Å². The van der Waals surface area contributed by atoms with Crippen LogP contribution >= 0.6 is 0 Å². The van der Waals surface area contributed by atoms with Crippen LogP contribution in [0.25, 0.3) is 0 Å². The average molecular weight is 288 g/mol. The highest BCUT2D eigenvalue weighted by molar-refractivity contribution is 5.93. The molecule has 0 heterocycles. The summed E-state index contributed by atoms with van der Waals surface area (Å²) in [5.41, 5.74) is 0.779. The van der Waals surface area contributed by atoms with E-state index in [1.165, 1.54) is 6.20 Å². The standard InChI is InChI=1S/C15H16N2O4/c1-3-20-14(18)11-6-5-7-13(8-11)17-10-12(9-16)15(19)21-4-2/h5-8,10,17H,3-4H2,1-2H3/b12-10+. The van der Waals surface area contributed by atoms with Gasteiger partial charge in [0.25, 0.3) is 0 Å². The van der Waals surface area contributed by atoms with Gasteiger partial charge in [0.05, 0.1) is 18.8 Å². The van der Waals surface area contributed by atoms with Crippen LogP contribution in [0.15, 0.2) is 36.0 Å². The third-order valence-electron chi connectivity index (χ3n) is 2.37. The SMILES string of the molecule is CCOC(=O)/C(C#N)=C/Nc1cccc(C(=O)OCC)c1. The van der Waals surface area contributed by atoms with E-state index in [2.05, 4.69) is 5.32 Å². The molecule has 0 aromatic heterocycles. The van der Waals surface area contributed by atoms with Crippen molar-refractivity contribution in [1.29, 1.82) is 5.26 Å². The summed E-state index contributed by atoms with van der Waals surface area (Å²) in [4.78, 5) is 23.0. The molecule has 0 bridgehead atoms. The number of hydrogen-bond acceptors (Lipinski definition) is 6. The normalized spacial score (nSPS) is 10.4. The van der Waals surface area contributed by atoms with Crippen molar-refractivity contribution < 1.29 is 19.1 Å². The Bertz CT molecular complexity index is 588. The van der Waals surface area contributed by atoms with Crippen LogP contribution < -0.4 is 5.32 Å². The highest BCUT2D eigenvalue weighted by atomic mass is 16.5. The summed E-state index contributed by atoms with van der Waals surface area (Å²) in [5, 5.41) is 11.7. The van der Waals surface area contributed by atoms with Gasteiger partial charge in [-0.25, -0.2) is 9.59 Å². The molecule has 110 valence electrons. The molecule has 0 unspecified atom stereocenters. The Morgan fingerprint density at radius 1 is 1.29 bits per heavy atom. The summed E-state index contributed by atoms with van der Waals surface area (Å²) in [6.07, 6.45) is 1.24. The first kappa shape index (κ1) is 16.2. The van der Waals surface area contributed by atoms with E-state index < -0.39 is 11.9 Å². The fourth-order valence-corrected chi connectivity index (χ4v) is 1.45. The number of benzene rings is 1. The Kier molecular flexibility index (Phi) is 6.48. The largest absolute Gasteiger partial charge is 0.462 e. The predicted molar refractivity (Wildman–Crippen MR) is 76.4 cm³/mol. The van der Waals surface area contributed by atoms with Crippen LogP contribution in [0.5, 0.6) is 0 Å². The molecule has 0 radical (unpaired) electrons. The second kappa shape index (κ2) is 8.38. The zero-order chi connectivity index (χ0) is 15.7. The third-order valence-corrected chi connectivity index (χ3v) is 2.37. The van der Waals surface area contributed by atoms with E-state index in [1.54, 1.807) is 44.2 Å². The second-order valence-electron chi connectivity index (χ2n) is 3.84. The summed E-state index contributed by atoms with van der Waals surface area (Å²) in [5.74, 6) is -1.13. The minimum absolute atomic E-state index is 0.154. The fraction of sp³-hybridized carbons (Fsp3) is 0.267. The van der Waals surface area contributed by atoms with Gasteiger partial charge in [-0.2, -0.15) is 5.26 Å². The van der Waals surface area contributed by atoms with Gasteiger partial charge in [-0.3, -0.25) is 0 Å². The lowest BCUT2D eigenvalue weighted by Gasteiger charge is -2.05. The monoisotopic (exact) mass is 288 g/mol. The zero-order valence-electron chi connectivity index (χ0n) is 11.9. The summed E-state index contributed by atoms with van der Waals surface area (Å²) >= 11 is 0. The molecule has 0 amide bonds. The quantitative estimate of drug-likeness (QED) is 0.490. The van der Waals surface area contributed by atoms with Gasteiger partial charge in [-0.05, 0) is 32.0 Å². The molecule has 0 saturated carbocycles. The molecule has 0 fully saturated rings. The van der Waals surface area contributed by atoms with Crippen molar-refractivity contribution in [3.05, 3.63) is 41.6 Å². The molecule has 1 N–H and O–H groups in total. The smallest absolute Gasteiger partial charge is 0.350 e. The molecule has 0 atom stereocenters. The average Bonchev–Trinajstić information content (AvgIpc) is 2.49. The predicted octanol–water partition coefficient (Wildman–Crippen LogP) is 2.25. The fourth-order valence-electron chi connectivity index (χ4n) is 1.45. The van der Waals surface area contributed by atoms with Crippen molar-refractivity contribution in [2.75, 3.05) is 18.5 Å². The topological polar surface area (TPSA) is 88.4 Å². The molecule has 1 aromatic carbocycles. The minimum Gasteiger partial charge on any atom is -0.462 e. The van der Waals surface area contributed by atoms with Crippen LogP contribution in [0, 0.1) is 11.3 Å². The molecule has 6 heteroatoms. The first-order valence-electron chi connectivity index (χ1n) is 6.43. The molecule has 6 nitrogen and oxygen atoms in total. The van der Waals surface area contributed by atoms with E-state index in [0.717, 1.165) is 0 Å². The highest BCUT2D eigenvalue weighted by Crippen LogP contribution is 2.12. The number of nitriles is 1. The molecule has 0 aliphatic heterocycles. The molecule has 1 aromatic rings. The van der Waals surface area contributed by atoms with Gasteiger partial charge in [0.15, 0.2) is 5.57 Å². The lowest BCUT2D eigenvalue weighted by Crippen LogP contribution is -2.08. The summed E-state index contributed by atoms with van der Waals surface area (Å²) in [6, 6.07) is 8.28. The van der Waals surface area contributed by atoms with Crippen LogP contribution in [-0.4, -0.2) is 25.2 Å². The minimum atomic E-state index is -0.700. The van der Waals surface area contributed by atoms with Gasteiger partial charge in [0.1, 0.15) is 6.07 Å². The molecule has 0 saturated heterocycles. The van der Waals surface area contributed by atoms with E-state index in [9.17, 15) is 9.59 Å². The van der Waals surface area contributed by atoms with Gasteiger partial charge >= 0.3 is 11.9 Å². The van der Waals surface area contributed by atoms with Crippen molar-refractivity contribution in [2.45, 2.75) is 13.8 Å². The first-order valence-corrected chi connectivity index (χ1v) is 6.43. The van der Waals surface area contributed by atoms with Crippen LogP contribution in [0.1, 0.15) is 24.2 Å². The lowest BCUT2D eigenvalue weighted by atomic mass is 10.2. The molecule has 0 aliphatic carbocycles. The van der Waals surface area contributed by atoms with Gasteiger partial charge in [-0.1, -0.05) is 6.07 Å². The molecule has 21 heavy (non-hydrogen) atoms. The lowest BCUT2D eigenvalue weighted by molar-refractivity contribution is -0.138. The van der Waals surface area contributed by atoms with Crippen molar-refractivity contribution in [3.8, 4) is 6.07 Å². The summed E-state index contributed by atoms with van der Waals surface area (Å²) in [7, 11) is 0. The maximum atomic E-state index is 11.6. The van der Waals surface area contributed by atoms with Crippen molar-refractivity contribution in [2.24, 2.45) is 0 Å². The van der Waals surface area contributed by atoms with E-state index in [1.807, 2.05) is 0 Å². The zero-order valence-corrected chi connectivity index (χ0v) is 11.9. The number of anilines is 1. The van der Waals surface area contributed by atoms with Crippen LogP contribution in [-0.2, 0) is 14.3 Å². The number of carbonyl (C=O) groups is 2. The molecular weight excluding hydrogens is 272 g/mol. The number of carbonyl (C=O) groups excluding carboxylic acids is 2. The van der Waals surface area contributed by atoms with Crippen molar-refractivity contribution in [3.63, 3.8) is 0 Å². The summed E-state index contributed by atoms with van der Waals surface area (Å²) in [6.45, 7) is 3.86. The van der Waals surface area contributed by atoms with Crippen LogP contribution in [0.2, 0.25) is 0 Å². The van der Waals surface area contributed by atoms with Gasteiger partial charge in [-0.15, -0.1) is 0 Å². The number of ether oxygens (including phenoxy) is 2. The van der Waals surface area contributed by atoms with E-state index >= 15 is 0 Å². The van der Waals surface area contributed by atoms with Crippen molar-refractivity contribution in [1.82, 2.24) is 0 Å². The maximum absolute atomic E-state index is 11.6. The maximum Gasteiger partial charge on any atom is 0.350 e. The molecule has 0 spiro atoms. The number of nitrogens with zero attached hydrogens (tertiary/aromatic N) is 1. The highest BCUT2D eigenvalue weighted by Gasteiger charge is 2.10. The Hall–Kier alpha value is -2.81. The van der Waals surface area contributed by atoms with Gasteiger partial charge < -0.3 is 14.8 Å². The Morgan fingerprint density at radius 2 is 2.00 bits per heavy atom. The Morgan fingerprint density at radius 3 is 2.62 bits per heavy atom. The van der Waals surface area contributed by atoms with E-state index in [0.29, 0.717) is 11.3 Å². The molecule has 0 aliphatic rings. The second-order valence-corrected chi connectivity index (χ2v) is 3.84. The number of esters is 2. The number of hydrogen-bond donors (Lipinski definition) is 1. The van der Waals surface area contributed by atoms with Crippen LogP contribution in [0.4, 0.5) is 5.69 Å². The Labute approximate surface area is 123 Å². The van der Waals surface area contributed by atoms with Gasteiger partial charge in [0.2, 0.25) is 0 Å². The third kappa shape index (κ3) is 4.99. The molecular formula is C15H16N2O4. The Balaban J connectivity index is 2.83. The molecule has 1 rings (SSSR count). The van der Waals surface area contributed by atoms with E-state index in [4.69, 9.17) is 14.7 Å².